The van der Waals surface area contributed by atoms with Gasteiger partial charge in [0.15, 0.2) is 0 Å². The molecule has 0 unspecified atom stereocenters. The van der Waals surface area contributed by atoms with Crippen molar-refractivity contribution in [2.45, 2.75) is 6.92 Å². The molecule has 0 aliphatic rings. The minimum atomic E-state index is 0.816. The molecule has 1 aromatic heterocycles. The summed E-state index contributed by atoms with van der Waals surface area (Å²) in [5, 5.41) is 0.816. The zero-order chi connectivity index (χ0) is 10.7. The van der Waals surface area contributed by atoms with Gasteiger partial charge in [-0.2, -0.15) is 0 Å². The van der Waals surface area contributed by atoms with Gasteiger partial charge in [-0.25, -0.2) is 9.98 Å². The molecule has 3 nitrogen and oxygen atoms in total. The van der Waals surface area contributed by atoms with Crippen molar-refractivity contribution in [3.8, 4) is 0 Å². The number of thiazole rings is 1. The Morgan fingerprint density at radius 1 is 1.47 bits per heavy atom. The fourth-order valence-electron chi connectivity index (χ4n) is 1.14. The summed E-state index contributed by atoms with van der Waals surface area (Å²) in [7, 11) is 2.00. The lowest BCUT2D eigenvalue weighted by Gasteiger charge is -2.06. The normalized spacial score (nSPS) is 11.3. The molecule has 4 heteroatoms. The van der Waals surface area contributed by atoms with Gasteiger partial charge in [-0.1, -0.05) is 23.5 Å². The van der Waals surface area contributed by atoms with Crippen molar-refractivity contribution in [2.75, 3.05) is 13.6 Å². The highest BCUT2D eigenvalue weighted by Crippen LogP contribution is 2.27. The Morgan fingerprint density at radius 2 is 2.27 bits per heavy atom. The summed E-state index contributed by atoms with van der Waals surface area (Å²) in [4.78, 5) is 10.8. The predicted octanol–water partition coefficient (Wildman–Crippen LogP) is 2.91. The fraction of sp³-hybridized carbons (Fsp3) is 0.273. The van der Waals surface area contributed by atoms with Gasteiger partial charge in [0.1, 0.15) is 0 Å². The van der Waals surface area contributed by atoms with Crippen molar-refractivity contribution in [1.82, 2.24) is 9.88 Å². The topological polar surface area (TPSA) is 28.5 Å². The maximum Gasteiger partial charge on any atom is 0.211 e. The maximum absolute atomic E-state index is 4.41. The van der Waals surface area contributed by atoms with E-state index in [0.717, 1.165) is 17.2 Å². The minimum Gasteiger partial charge on any atom is -0.366 e. The number of hydrogen-bond donors (Lipinski definition) is 0. The zero-order valence-electron chi connectivity index (χ0n) is 8.84. The van der Waals surface area contributed by atoms with E-state index in [0.29, 0.717) is 0 Å². The van der Waals surface area contributed by atoms with E-state index in [9.17, 15) is 0 Å². The Bertz CT molecular complexity index is 442. The standard InChI is InChI=1S/C11H13N3S/c1-3-14(2)8-12-11-13-9-6-4-5-7-10(9)15-11/h4-8H,3H2,1-2H3/b12-8+. The summed E-state index contributed by atoms with van der Waals surface area (Å²) in [5.74, 6) is 0. The number of rotatable bonds is 3. The highest BCUT2D eigenvalue weighted by atomic mass is 32.1. The van der Waals surface area contributed by atoms with Crippen LogP contribution in [0.3, 0.4) is 0 Å². The summed E-state index contributed by atoms with van der Waals surface area (Å²) in [6.07, 6.45) is 1.82. The molecule has 0 saturated carbocycles. The molecule has 1 heterocycles. The van der Waals surface area contributed by atoms with Gasteiger partial charge in [0.2, 0.25) is 5.13 Å². The van der Waals surface area contributed by atoms with Crippen LogP contribution in [0.2, 0.25) is 0 Å². The van der Waals surface area contributed by atoms with Crippen molar-refractivity contribution in [2.24, 2.45) is 4.99 Å². The third kappa shape index (κ3) is 2.33. The molecule has 0 spiro atoms. The van der Waals surface area contributed by atoms with E-state index in [2.05, 4.69) is 23.0 Å². The highest BCUT2D eigenvalue weighted by molar-refractivity contribution is 7.21. The van der Waals surface area contributed by atoms with Gasteiger partial charge in [-0.3, -0.25) is 0 Å². The first-order chi connectivity index (χ1) is 7.29. The third-order valence-electron chi connectivity index (χ3n) is 2.15. The fourth-order valence-corrected chi connectivity index (χ4v) is 1.95. The largest absolute Gasteiger partial charge is 0.366 e. The first kappa shape index (κ1) is 10.1. The lowest BCUT2D eigenvalue weighted by molar-refractivity contribution is 0.552. The SMILES string of the molecule is CCN(C)/C=N/c1nc2ccccc2s1. The number of para-hydroxylation sites is 1. The molecule has 0 atom stereocenters. The van der Waals surface area contributed by atoms with Gasteiger partial charge >= 0.3 is 0 Å². The van der Waals surface area contributed by atoms with Crippen LogP contribution in [-0.2, 0) is 0 Å². The summed E-state index contributed by atoms with van der Waals surface area (Å²) >= 11 is 1.61. The second-order valence-electron chi connectivity index (χ2n) is 3.28. The van der Waals surface area contributed by atoms with Gasteiger partial charge < -0.3 is 4.90 Å². The van der Waals surface area contributed by atoms with Crippen molar-refractivity contribution in [1.29, 1.82) is 0 Å². The van der Waals surface area contributed by atoms with Crippen LogP contribution in [0.5, 0.6) is 0 Å². The lowest BCUT2D eigenvalue weighted by Crippen LogP contribution is -2.14. The second-order valence-corrected chi connectivity index (χ2v) is 4.29. The smallest absolute Gasteiger partial charge is 0.211 e. The molecule has 1 aromatic carbocycles. The van der Waals surface area contributed by atoms with Crippen LogP contribution in [0.1, 0.15) is 6.92 Å². The van der Waals surface area contributed by atoms with Gasteiger partial charge in [0.05, 0.1) is 16.6 Å². The molecule has 0 aliphatic heterocycles. The van der Waals surface area contributed by atoms with Crippen LogP contribution in [0, 0.1) is 0 Å². The number of aromatic nitrogens is 1. The Balaban J connectivity index is 2.26. The summed E-state index contributed by atoms with van der Waals surface area (Å²) in [5.41, 5.74) is 1.02. The van der Waals surface area contributed by atoms with Crippen molar-refractivity contribution >= 4 is 33.0 Å². The molecular weight excluding hydrogens is 206 g/mol. The quantitative estimate of drug-likeness (QED) is 0.586. The summed E-state index contributed by atoms with van der Waals surface area (Å²) in [6.45, 7) is 3.04. The Labute approximate surface area is 93.1 Å². The number of hydrogen-bond acceptors (Lipinski definition) is 3. The molecule has 0 radical (unpaired) electrons. The lowest BCUT2D eigenvalue weighted by atomic mass is 10.3. The van der Waals surface area contributed by atoms with E-state index < -0.39 is 0 Å². The van der Waals surface area contributed by atoms with Crippen molar-refractivity contribution in [3.05, 3.63) is 24.3 Å². The van der Waals surface area contributed by atoms with Gasteiger partial charge in [0.25, 0.3) is 0 Å². The number of aliphatic imine (C=N–C) groups is 1. The molecule has 0 N–H and O–H groups in total. The predicted molar refractivity (Wildman–Crippen MR) is 66.1 cm³/mol. The van der Waals surface area contributed by atoms with Crippen LogP contribution in [0.25, 0.3) is 10.2 Å². The summed E-state index contributed by atoms with van der Waals surface area (Å²) in [6, 6.07) is 8.09. The molecule has 0 saturated heterocycles. The van der Waals surface area contributed by atoms with Crippen LogP contribution in [0.4, 0.5) is 5.13 Å². The average Bonchev–Trinajstić information content (AvgIpc) is 2.68. The van der Waals surface area contributed by atoms with E-state index in [4.69, 9.17) is 0 Å². The number of benzene rings is 1. The molecule has 2 aromatic rings. The van der Waals surface area contributed by atoms with Crippen LogP contribution in [0.15, 0.2) is 29.3 Å². The number of fused-ring (bicyclic) bond motifs is 1. The van der Waals surface area contributed by atoms with Crippen LogP contribution < -0.4 is 0 Å². The number of nitrogens with zero attached hydrogens (tertiary/aromatic N) is 3. The molecule has 0 fully saturated rings. The maximum atomic E-state index is 4.41. The Kier molecular flexibility index (Phi) is 2.97. The highest BCUT2D eigenvalue weighted by Gasteiger charge is 2.00. The zero-order valence-corrected chi connectivity index (χ0v) is 9.66. The van der Waals surface area contributed by atoms with E-state index >= 15 is 0 Å². The molecule has 78 valence electrons. The van der Waals surface area contributed by atoms with E-state index in [-0.39, 0.29) is 0 Å². The molecule has 15 heavy (non-hydrogen) atoms. The molecule has 2 rings (SSSR count). The first-order valence-corrected chi connectivity index (χ1v) is 5.71. The molecular formula is C11H13N3S. The first-order valence-electron chi connectivity index (χ1n) is 4.89. The van der Waals surface area contributed by atoms with Crippen LogP contribution >= 0.6 is 11.3 Å². The molecule has 0 amide bonds. The molecule has 0 aliphatic carbocycles. The second kappa shape index (κ2) is 4.40. The Hall–Kier alpha value is -1.42. The van der Waals surface area contributed by atoms with E-state index in [1.165, 1.54) is 4.70 Å². The van der Waals surface area contributed by atoms with Gasteiger partial charge in [-0.15, -0.1) is 0 Å². The van der Waals surface area contributed by atoms with Gasteiger partial charge in [-0.05, 0) is 19.1 Å². The van der Waals surface area contributed by atoms with Crippen molar-refractivity contribution < 1.29 is 0 Å². The monoisotopic (exact) mass is 219 g/mol. The van der Waals surface area contributed by atoms with E-state index in [1.54, 1.807) is 11.3 Å². The average molecular weight is 219 g/mol. The summed E-state index contributed by atoms with van der Waals surface area (Å²) < 4.78 is 1.18. The van der Waals surface area contributed by atoms with Crippen LogP contribution in [-0.4, -0.2) is 29.8 Å². The Morgan fingerprint density at radius 3 is 3.00 bits per heavy atom. The molecule has 0 bridgehead atoms. The van der Waals surface area contributed by atoms with Gasteiger partial charge in [0, 0.05) is 13.6 Å². The minimum absolute atomic E-state index is 0.816. The van der Waals surface area contributed by atoms with Crippen molar-refractivity contribution in [3.63, 3.8) is 0 Å². The van der Waals surface area contributed by atoms with E-state index in [1.807, 2.05) is 36.5 Å². The third-order valence-corrected chi connectivity index (χ3v) is 3.09.